The molecule has 0 aromatic heterocycles. The zero-order valence-corrected chi connectivity index (χ0v) is 15.5. The Morgan fingerprint density at radius 1 is 1.00 bits per heavy atom. The number of nitrogens with one attached hydrogen (secondary N) is 1. The van der Waals surface area contributed by atoms with Crippen molar-refractivity contribution in [2.45, 2.75) is 25.5 Å². The standard InChI is InChI=1S/C19H19Cl2NO4/c20-13-26-19(24)22-17(15-6-8-16(21)9-7-15)10-11-18(23)25-12-14-4-2-1-3-5-14/h1-9,17H,10-13H2,(H,22,24). The zero-order chi connectivity index (χ0) is 18.8. The van der Waals surface area contributed by atoms with Gasteiger partial charge in [0, 0.05) is 11.4 Å². The summed E-state index contributed by atoms with van der Waals surface area (Å²) in [4.78, 5) is 23.7. The van der Waals surface area contributed by atoms with Crippen molar-refractivity contribution >= 4 is 35.3 Å². The monoisotopic (exact) mass is 395 g/mol. The van der Waals surface area contributed by atoms with Crippen molar-refractivity contribution in [3.05, 3.63) is 70.7 Å². The molecular formula is C19H19Cl2NO4. The molecule has 2 rings (SSSR count). The maximum absolute atomic E-state index is 12.0. The third-order valence-corrected chi connectivity index (χ3v) is 3.99. The Bertz CT molecular complexity index is 707. The van der Waals surface area contributed by atoms with Crippen molar-refractivity contribution in [2.24, 2.45) is 0 Å². The second-order valence-electron chi connectivity index (χ2n) is 5.47. The largest absolute Gasteiger partial charge is 0.461 e. The summed E-state index contributed by atoms with van der Waals surface area (Å²) in [5, 5.41) is 3.27. The fraction of sp³-hybridized carbons (Fsp3) is 0.263. The van der Waals surface area contributed by atoms with Crippen LogP contribution in [0.25, 0.3) is 0 Å². The van der Waals surface area contributed by atoms with Crippen LogP contribution in [0.5, 0.6) is 0 Å². The quantitative estimate of drug-likeness (QED) is 0.513. The minimum atomic E-state index is -0.655. The molecule has 0 saturated carbocycles. The predicted molar refractivity (Wildman–Crippen MR) is 100 cm³/mol. The van der Waals surface area contributed by atoms with Gasteiger partial charge in [-0.3, -0.25) is 4.79 Å². The summed E-state index contributed by atoms with van der Waals surface area (Å²) in [6.45, 7) is 0.215. The number of halogens is 2. The van der Waals surface area contributed by atoms with E-state index in [1.54, 1.807) is 24.3 Å². The predicted octanol–water partition coefficient (Wildman–Crippen LogP) is 4.83. The molecule has 0 radical (unpaired) electrons. The van der Waals surface area contributed by atoms with Gasteiger partial charge in [0.15, 0.2) is 6.07 Å². The number of benzene rings is 2. The highest BCUT2D eigenvalue weighted by Gasteiger charge is 2.17. The lowest BCUT2D eigenvalue weighted by atomic mass is 10.0. The molecular weight excluding hydrogens is 377 g/mol. The van der Waals surface area contributed by atoms with Crippen LogP contribution in [-0.2, 0) is 20.9 Å². The van der Waals surface area contributed by atoms with Crippen LogP contribution in [0.1, 0.15) is 30.0 Å². The number of ether oxygens (including phenoxy) is 2. The van der Waals surface area contributed by atoms with Crippen LogP contribution < -0.4 is 5.32 Å². The lowest BCUT2D eigenvalue weighted by Crippen LogP contribution is -2.29. The van der Waals surface area contributed by atoms with Gasteiger partial charge in [-0.15, -0.1) is 0 Å². The van der Waals surface area contributed by atoms with Crippen LogP contribution in [0.15, 0.2) is 54.6 Å². The first-order valence-corrected chi connectivity index (χ1v) is 8.94. The van der Waals surface area contributed by atoms with Crippen molar-refractivity contribution in [3.8, 4) is 0 Å². The van der Waals surface area contributed by atoms with Gasteiger partial charge in [0.1, 0.15) is 6.61 Å². The van der Waals surface area contributed by atoms with Crippen LogP contribution in [0.4, 0.5) is 4.79 Å². The molecule has 26 heavy (non-hydrogen) atoms. The van der Waals surface area contributed by atoms with E-state index in [0.717, 1.165) is 11.1 Å². The molecule has 0 spiro atoms. The Morgan fingerprint density at radius 3 is 2.35 bits per heavy atom. The number of carbonyl (C=O) groups is 2. The SMILES string of the molecule is O=C(CCC(NC(=O)OCCl)c1ccc(Cl)cc1)OCc1ccccc1. The van der Waals surface area contributed by atoms with Crippen molar-refractivity contribution in [1.29, 1.82) is 0 Å². The molecule has 0 aliphatic carbocycles. The van der Waals surface area contributed by atoms with E-state index in [9.17, 15) is 9.59 Å². The second kappa shape index (κ2) is 10.7. The first-order valence-electron chi connectivity index (χ1n) is 8.02. The fourth-order valence-electron chi connectivity index (χ4n) is 2.32. The Balaban J connectivity index is 1.91. The average Bonchev–Trinajstić information content (AvgIpc) is 2.65. The van der Waals surface area contributed by atoms with Gasteiger partial charge in [0.2, 0.25) is 0 Å². The lowest BCUT2D eigenvalue weighted by Gasteiger charge is -2.18. The molecule has 7 heteroatoms. The molecule has 1 unspecified atom stereocenters. The Labute approximate surface area is 162 Å². The van der Waals surface area contributed by atoms with E-state index in [-0.39, 0.29) is 25.1 Å². The third kappa shape index (κ3) is 6.94. The van der Waals surface area contributed by atoms with Crippen LogP contribution >= 0.6 is 23.2 Å². The molecule has 0 saturated heterocycles. The molecule has 0 fully saturated rings. The summed E-state index contributed by atoms with van der Waals surface area (Å²) in [5.74, 6) is -0.347. The topological polar surface area (TPSA) is 64.6 Å². The highest BCUT2D eigenvalue weighted by molar-refractivity contribution is 6.30. The number of rotatable bonds is 8. The van der Waals surface area contributed by atoms with Gasteiger partial charge in [-0.2, -0.15) is 0 Å². The molecule has 2 aromatic carbocycles. The van der Waals surface area contributed by atoms with E-state index >= 15 is 0 Å². The maximum Gasteiger partial charge on any atom is 0.408 e. The van der Waals surface area contributed by atoms with Crippen LogP contribution in [0.2, 0.25) is 5.02 Å². The van der Waals surface area contributed by atoms with Gasteiger partial charge in [0.05, 0.1) is 6.04 Å². The molecule has 0 bridgehead atoms. The number of esters is 1. The number of carbonyl (C=O) groups excluding carboxylic acids is 2. The van der Waals surface area contributed by atoms with Gasteiger partial charge < -0.3 is 14.8 Å². The minimum Gasteiger partial charge on any atom is -0.461 e. The Kier molecular flexibility index (Phi) is 8.25. The first-order chi connectivity index (χ1) is 12.6. The van der Waals surface area contributed by atoms with Crippen molar-refractivity contribution in [3.63, 3.8) is 0 Å². The zero-order valence-electron chi connectivity index (χ0n) is 14.0. The molecule has 138 valence electrons. The normalized spacial score (nSPS) is 11.5. The van der Waals surface area contributed by atoms with Gasteiger partial charge >= 0.3 is 12.1 Å². The summed E-state index contributed by atoms with van der Waals surface area (Å²) >= 11 is 11.3. The summed E-state index contributed by atoms with van der Waals surface area (Å²) in [5.41, 5.74) is 1.72. The van der Waals surface area contributed by atoms with Crippen molar-refractivity contribution in [1.82, 2.24) is 5.32 Å². The second-order valence-corrected chi connectivity index (χ2v) is 6.13. The number of alkyl carbamates (subject to hydrolysis) is 1. The van der Waals surface area contributed by atoms with Crippen LogP contribution in [-0.4, -0.2) is 18.1 Å². The molecule has 0 aliphatic rings. The van der Waals surface area contributed by atoms with E-state index in [0.29, 0.717) is 11.4 Å². The van der Waals surface area contributed by atoms with Gasteiger partial charge in [0.25, 0.3) is 0 Å². The summed E-state index contributed by atoms with van der Waals surface area (Å²) in [7, 11) is 0. The number of alkyl halides is 1. The van der Waals surface area contributed by atoms with Gasteiger partial charge in [-0.25, -0.2) is 4.79 Å². The summed E-state index contributed by atoms with van der Waals surface area (Å²) in [6, 6.07) is 15.7. The van der Waals surface area contributed by atoms with E-state index in [4.69, 9.17) is 32.7 Å². The summed E-state index contributed by atoms with van der Waals surface area (Å²) < 4.78 is 9.96. The number of hydrogen-bond acceptors (Lipinski definition) is 4. The summed E-state index contributed by atoms with van der Waals surface area (Å²) in [6.07, 6.45) is -0.161. The van der Waals surface area contributed by atoms with E-state index in [1.165, 1.54) is 0 Å². The average molecular weight is 396 g/mol. The van der Waals surface area contributed by atoms with E-state index in [2.05, 4.69) is 5.32 Å². The van der Waals surface area contributed by atoms with E-state index < -0.39 is 12.1 Å². The highest BCUT2D eigenvalue weighted by Crippen LogP contribution is 2.21. The fourth-order valence-corrected chi connectivity index (χ4v) is 2.55. The third-order valence-electron chi connectivity index (χ3n) is 3.63. The lowest BCUT2D eigenvalue weighted by molar-refractivity contribution is -0.145. The van der Waals surface area contributed by atoms with Gasteiger partial charge in [-0.1, -0.05) is 65.7 Å². The molecule has 2 aromatic rings. The van der Waals surface area contributed by atoms with Crippen molar-refractivity contribution in [2.75, 3.05) is 6.07 Å². The molecule has 5 nitrogen and oxygen atoms in total. The molecule has 0 aliphatic heterocycles. The first kappa shape index (κ1) is 20.1. The smallest absolute Gasteiger partial charge is 0.408 e. The maximum atomic E-state index is 12.0. The Morgan fingerprint density at radius 2 is 1.69 bits per heavy atom. The molecule has 1 atom stereocenters. The van der Waals surface area contributed by atoms with E-state index in [1.807, 2.05) is 30.3 Å². The van der Waals surface area contributed by atoms with Crippen LogP contribution in [0, 0.1) is 0 Å². The minimum absolute atomic E-state index is 0.140. The number of amides is 1. The molecule has 1 N–H and O–H groups in total. The highest BCUT2D eigenvalue weighted by atomic mass is 35.5. The van der Waals surface area contributed by atoms with Gasteiger partial charge in [-0.05, 0) is 29.7 Å². The molecule has 0 heterocycles. The number of hydrogen-bond donors (Lipinski definition) is 1. The van der Waals surface area contributed by atoms with Crippen LogP contribution in [0.3, 0.4) is 0 Å². The van der Waals surface area contributed by atoms with Crippen molar-refractivity contribution < 1.29 is 19.1 Å². The Hall–Kier alpha value is -2.24. The molecule has 1 amide bonds.